The van der Waals surface area contributed by atoms with Crippen LogP contribution in [0.2, 0.25) is 0 Å². The summed E-state index contributed by atoms with van der Waals surface area (Å²) in [6.07, 6.45) is 3.19. The summed E-state index contributed by atoms with van der Waals surface area (Å²) in [4.78, 5) is 8.19. The Morgan fingerprint density at radius 3 is 2.75 bits per heavy atom. The molecule has 1 aromatic heterocycles. The minimum atomic E-state index is 0.648. The van der Waals surface area contributed by atoms with Crippen molar-refractivity contribution in [3.63, 3.8) is 0 Å². The molecule has 3 nitrogen and oxygen atoms in total. The Hall–Kier alpha value is -0.610. The Morgan fingerprint density at radius 1 is 1.44 bits per heavy atom. The molecule has 92 valence electrons. The Morgan fingerprint density at radius 2 is 2.19 bits per heavy atom. The molecule has 1 heterocycles. The molecule has 0 saturated carbocycles. The molecule has 0 aromatic carbocycles. The zero-order valence-electron chi connectivity index (χ0n) is 10.8. The van der Waals surface area contributed by atoms with Gasteiger partial charge in [-0.1, -0.05) is 13.8 Å². The maximum atomic E-state index is 4.36. The summed E-state index contributed by atoms with van der Waals surface area (Å²) in [5.74, 6) is 0. The van der Waals surface area contributed by atoms with Gasteiger partial charge in [-0.25, -0.2) is 4.98 Å². The molecule has 1 unspecified atom stereocenters. The summed E-state index contributed by atoms with van der Waals surface area (Å²) in [6, 6.07) is 0.648. The molecule has 0 aliphatic rings. The van der Waals surface area contributed by atoms with E-state index in [9.17, 15) is 0 Å². The summed E-state index contributed by atoms with van der Waals surface area (Å²) >= 11 is 1.77. The second kappa shape index (κ2) is 6.86. The number of nitrogens with zero attached hydrogens (tertiary/aromatic N) is 2. The quantitative estimate of drug-likeness (QED) is 0.794. The first kappa shape index (κ1) is 13.5. The van der Waals surface area contributed by atoms with E-state index in [1.165, 1.54) is 11.3 Å². The van der Waals surface area contributed by atoms with Gasteiger partial charge in [-0.2, -0.15) is 0 Å². The van der Waals surface area contributed by atoms with E-state index in [4.69, 9.17) is 0 Å². The molecule has 0 fully saturated rings. The lowest BCUT2D eigenvalue weighted by Crippen LogP contribution is -2.31. The second-order valence-electron chi connectivity index (χ2n) is 3.98. The van der Waals surface area contributed by atoms with E-state index < -0.39 is 0 Å². The molecule has 0 spiro atoms. The standard InChI is InChI=1S/C12H23N3S/c1-5-10(4)15(7-3)9-11-8-14-12(16-11)13-6-2/h8,10H,5-7,9H2,1-4H3,(H,13,14). The third-order valence-corrected chi connectivity index (χ3v) is 3.80. The van der Waals surface area contributed by atoms with Crippen LogP contribution in [-0.4, -0.2) is 29.0 Å². The highest BCUT2D eigenvalue weighted by atomic mass is 32.1. The predicted octanol–water partition coefficient (Wildman–Crippen LogP) is 3.20. The number of anilines is 1. The fraction of sp³-hybridized carbons (Fsp3) is 0.750. The van der Waals surface area contributed by atoms with Crippen molar-refractivity contribution in [2.24, 2.45) is 0 Å². The molecule has 0 aliphatic carbocycles. The van der Waals surface area contributed by atoms with Crippen LogP contribution in [0.15, 0.2) is 6.20 Å². The van der Waals surface area contributed by atoms with E-state index >= 15 is 0 Å². The first-order valence-electron chi connectivity index (χ1n) is 6.13. The lowest BCUT2D eigenvalue weighted by Gasteiger charge is -2.25. The molecule has 1 aromatic rings. The van der Waals surface area contributed by atoms with Crippen LogP contribution in [0.25, 0.3) is 0 Å². The minimum Gasteiger partial charge on any atom is -0.362 e. The molecule has 1 N–H and O–H groups in total. The molecule has 0 amide bonds. The zero-order valence-corrected chi connectivity index (χ0v) is 11.6. The van der Waals surface area contributed by atoms with Gasteiger partial charge in [0.1, 0.15) is 0 Å². The van der Waals surface area contributed by atoms with E-state index in [-0.39, 0.29) is 0 Å². The van der Waals surface area contributed by atoms with E-state index in [1.54, 1.807) is 11.3 Å². The Bertz CT molecular complexity index is 298. The Labute approximate surface area is 103 Å². The van der Waals surface area contributed by atoms with Crippen LogP contribution in [0.1, 0.15) is 39.0 Å². The van der Waals surface area contributed by atoms with Crippen molar-refractivity contribution in [3.05, 3.63) is 11.1 Å². The highest BCUT2D eigenvalue weighted by Crippen LogP contribution is 2.20. The Kier molecular flexibility index (Phi) is 5.77. The van der Waals surface area contributed by atoms with Crippen LogP contribution in [0.5, 0.6) is 0 Å². The van der Waals surface area contributed by atoms with Gasteiger partial charge in [0, 0.05) is 30.2 Å². The van der Waals surface area contributed by atoms with Gasteiger partial charge >= 0.3 is 0 Å². The number of aromatic nitrogens is 1. The average molecular weight is 241 g/mol. The molecular weight excluding hydrogens is 218 g/mol. The summed E-state index contributed by atoms with van der Waals surface area (Å²) in [5.41, 5.74) is 0. The Balaban J connectivity index is 2.56. The van der Waals surface area contributed by atoms with Crippen LogP contribution in [0.4, 0.5) is 5.13 Å². The van der Waals surface area contributed by atoms with Gasteiger partial charge in [0.15, 0.2) is 5.13 Å². The topological polar surface area (TPSA) is 28.2 Å². The number of thiazole rings is 1. The SMILES string of the molecule is CCNc1ncc(CN(CC)C(C)CC)s1. The highest BCUT2D eigenvalue weighted by molar-refractivity contribution is 7.15. The average Bonchev–Trinajstić information content (AvgIpc) is 2.73. The van der Waals surface area contributed by atoms with Crippen molar-refractivity contribution in [3.8, 4) is 0 Å². The molecular formula is C12H23N3S. The summed E-state index contributed by atoms with van der Waals surface area (Å²) in [6.45, 7) is 11.9. The van der Waals surface area contributed by atoms with Crippen molar-refractivity contribution >= 4 is 16.5 Å². The lowest BCUT2D eigenvalue weighted by atomic mass is 10.2. The predicted molar refractivity (Wildman–Crippen MR) is 72.1 cm³/mol. The minimum absolute atomic E-state index is 0.648. The van der Waals surface area contributed by atoms with Gasteiger partial charge in [0.2, 0.25) is 0 Å². The molecule has 4 heteroatoms. The van der Waals surface area contributed by atoms with Crippen molar-refractivity contribution < 1.29 is 0 Å². The molecule has 0 radical (unpaired) electrons. The maximum absolute atomic E-state index is 4.36. The van der Waals surface area contributed by atoms with Gasteiger partial charge in [-0.3, -0.25) is 4.90 Å². The van der Waals surface area contributed by atoms with Crippen LogP contribution >= 0.6 is 11.3 Å². The normalized spacial score (nSPS) is 13.1. The third kappa shape index (κ3) is 3.76. The summed E-state index contributed by atoms with van der Waals surface area (Å²) < 4.78 is 0. The van der Waals surface area contributed by atoms with Crippen LogP contribution in [-0.2, 0) is 6.54 Å². The summed E-state index contributed by atoms with van der Waals surface area (Å²) in [7, 11) is 0. The van der Waals surface area contributed by atoms with Crippen LogP contribution in [0.3, 0.4) is 0 Å². The monoisotopic (exact) mass is 241 g/mol. The smallest absolute Gasteiger partial charge is 0.182 e. The van der Waals surface area contributed by atoms with Gasteiger partial charge < -0.3 is 5.32 Å². The van der Waals surface area contributed by atoms with Gasteiger partial charge in [-0.15, -0.1) is 11.3 Å². The lowest BCUT2D eigenvalue weighted by molar-refractivity contribution is 0.208. The van der Waals surface area contributed by atoms with Gasteiger partial charge in [-0.05, 0) is 26.8 Å². The largest absolute Gasteiger partial charge is 0.362 e. The zero-order chi connectivity index (χ0) is 12.0. The highest BCUT2D eigenvalue weighted by Gasteiger charge is 2.12. The molecule has 16 heavy (non-hydrogen) atoms. The number of hydrogen-bond donors (Lipinski definition) is 1. The van der Waals surface area contributed by atoms with Gasteiger partial charge in [0.05, 0.1) is 0 Å². The molecule has 0 bridgehead atoms. The molecule has 1 rings (SSSR count). The van der Waals surface area contributed by atoms with Crippen LogP contribution in [0, 0.1) is 0 Å². The fourth-order valence-corrected chi connectivity index (χ4v) is 2.56. The number of hydrogen-bond acceptors (Lipinski definition) is 4. The van der Waals surface area contributed by atoms with E-state index in [2.05, 4.69) is 42.9 Å². The van der Waals surface area contributed by atoms with Gasteiger partial charge in [0.25, 0.3) is 0 Å². The molecule has 0 saturated heterocycles. The number of rotatable bonds is 7. The van der Waals surface area contributed by atoms with E-state index in [1.807, 2.05) is 6.20 Å². The first-order chi connectivity index (χ1) is 7.71. The molecule has 1 atom stereocenters. The van der Waals surface area contributed by atoms with Crippen molar-refractivity contribution in [1.82, 2.24) is 9.88 Å². The maximum Gasteiger partial charge on any atom is 0.182 e. The van der Waals surface area contributed by atoms with Crippen molar-refractivity contribution in [2.45, 2.75) is 46.7 Å². The van der Waals surface area contributed by atoms with Crippen molar-refractivity contribution in [2.75, 3.05) is 18.4 Å². The summed E-state index contributed by atoms with van der Waals surface area (Å²) in [5, 5.41) is 4.29. The number of nitrogens with one attached hydrogen (secondary N) is 1. The fourth-order valence-electron chi connectivity index (χ4n) is 1.65. The van der Waals surface area contributed by atoms with Crippen LogP contribution < -0.4 is 5.32 Å². The van der Waals surface area contributed by atoms with E-state index in [0.717, 1.165) is 24.8 Å². The van der Waals surface area contributed by atoms with E-state index in [0.29, 0.717) is 6.04 Å². The second-order valence-corrected chi connectivity index (χ2v) is 5.10. The third-order valence-electron chi connectivity index (χ3n) is 2.86. The van der Waals surface area contributed by atoms with Crippen molar-refractivity contribution in [1.29, 1.82) is 0 Å². The first-order valence-corrected chi connectivity index (χ1v) is 6.95. The molecule has 0 aliphatic heterocycles.